The Morgan fingerprint density at radius 3 is 2.57 bits per heavy atom. The molecule has 1 aliphatic heterocycles. The molecule has 3 rings (SSSR count). The van der Waals surface area contributed by atoms with Crippen LogP contribution in [0.15, 0.2) is 36.4 Å². The van der Waals surface area contributed by atoms with Gasteiger partial charge < -0.3 is 19.7 Å². The zero-order valence-corrected chi connectivity index (χ0v) is 15.5. The quantitative estimate of drug-likeness (QED) is 0.845. The number of ether oxygens (including phenoxy) is 2. The van der Waals surface area contributed by atoms with Crippen LogP contribution in [0, 0.1) is 11.6 Å². The van der Waals surface area contributed by atoms with Gasteiger partial charge in [-0.25, -0.2) is 8.78 Å². The van der Waals surface area contributed by atoms with Gasteiger partial charge in [0.1, 0.15) is 23.3 Å². The van der Waals surface area contributed by atoms with Crippen molar-refractivity contribution in [1.82, 2.24) is 4.90 Å². The minimum Gasteiger partial charge on any atom is -0.495 e. The van der Waals surface area contributed by atoms with Gasteiger partial charge in [-0.3, -0.25) is 9.59 Å². The van der Waals surface area contributed by atoms with Crippen LogP contribution in [0.5, 0.6) is 17.2 Å². The number of piperidine rings is 1. The fraction of sp³-hybridized carbons (Fsp3) is 0.300. The van der Waals surface area contributed by atoms with Gasteiger partial charge in [0.05, 0.1) is 12.8 Å². The number of carbonyl (C=O) groups excluding carboxylic acids is 2. The van der Waals surface area contributed by atoms with E-state index < -0.39 is 17.7 Å². The minimum atomic E-state index is -1.02. The highest BCUT2D eigenvalue weighted by molar-refractivity contribution is 5.98. The number of anilines is 1. The summed E-state index contributed by atoms with van der Waals surface area (Å²) in [7, 11) is 3.06. The van der Waals surface area contributed by atoms with Crippen molar-refractivity contribution < 1.29 is 27.8 Å². The summed E-state index contributed by atoms with van der Waals surface area (Å²) < 4.78 is 37.2. The molecule has 2 aromatic rings. The SMILES string of the molecule is COc1ccc(Oc2ccc(F)c(F)c2)cc1NC(=O)C1CCCC(=O)N1C. The number of nitrogens with zero attached hydrogens (tertiary/aromatic N) is 1. The third kappa shape index (κ3) is 4.21. The van der Waals surface area contributed by atoms with Crippen molar-refractivity contribution in [2.45, 2.75) is 25.3 Å². The molecule has 28 heavy (non-hydrogen) atoms. The summed E-state index contributed by atoms with van der Waals surface area (Å²) in [5.41, 5.74) is 0.346. The van der Waals surface area contributed by atoms with Crippen molar-refractivity contribution >= 4 is 17.5 Å². The van der Waals surface area contributed by atoms with Gasteiger partial charge in [-0.2, -0.15) is 0 Å². The molecule has 6 nitrogen and oxygen atoms in total. The van der Waals surface area contributed by atoms with E-state index in [1.807, 2.05) is 0 Å². The number of likely N-dealkylation sites (N-methyl/N-ethyl adjacent to an activating group) is 1. The van der Waals surface area contributed by atoms with E-state index in [4.69, 9.17) is 9.47 Å². The van der Waals surface area contributed by atoms with Gasteiger partial charge in [-0.1, -0.05) is 0 Å². The summed E-state index contributed by atoms with van der Waals surface area (Å²) in [4.78, 5) is 25.9. The number of hydrogen-bond donors (Lipinski definition) is 1. The molecule has 1 heterocycles. The molecule has 2 aromatic carbocycles. The molecule has 1 unspecified atom stereocenters. The standard InChI is InChI=1S/C20H20F2N2O4/c1-24-17(4-3-5-19(24)25)20(26)23-16-11-13(7-9-18(16)27-2)28-12-6-8-14(21)15(22)10-12/h6-11,17H,3-5H2,1-2H3,(H,23,26). The Labute approximate surface area is 161 Å². The lowest BCUT2D eigenvalue weighted by molar-refractivity contribution is -0.140. The smallest absolute Gasteiger partial charge is 0.247 e. The molecule has 0 spiro atoms. The van der Waals surface area contributed by atoms with Crippen LogP contribution in [0.4, 0.5) is 14.5 Å². The number of carbonyl (C=O) groups is 2. The Hall–Kier alpha value is -3.16. The van der Waals surface area contributed by atoms with Crippen molar-refractivity contribution in [1.29, 1.82) is 0 Å². The first-order chi connectivity index (χ1) is 13.4. The third-order valence-electron chi connectivity index (χ3n) is 4.59. The summed E-state index contributed by atoms with van der Waals surface area (Å²) in [5.74, 6) is -1.59. The maximum absolute atomic E-state index is 13.4. The van der Waals surface area contributed by atoms with E-state index in [9.17, 15) is 18.4 Å². The predicted molar refractivity (Wildman–Crippen MR) is 98.5 cm³/mol. The summed E-state index contributed by atoms with van der Waals surface area (Å²) in [5, 5.41) is 2.76. The fourth-order valence-corrected chi connectivity index (χ4v) is 3.04. The van der Waals surface area contributed by atoms with Crippen molar-refractivity contribution in [3.63, 3.8) is 0 Å². The normalized spacial score (nSPS) is 16.6. The first-order valence-electron chi connectivity index (χ1n) is 8.76. The van der Waals surface area contributed by atoms with Crippen molar-refractivity contribution in [3.05, 3.63) is 48.0 Å². The molecule has 0 aliphatic carbocycles. The van der Waals surface area contributed by atoms with Crippen LogP contribution in [0.1, 0.15) is 19.3 Å². The van der Waals surface area contributed by atoms with Gasteiger partial charge in [-0.05, 0) is 37.1 Å². The number of rotatable bonds is 5. The maximum Gasteiger partial charge on any atom is 0.247 e. The topological polar surface area (TPSA) is 67.9 Å². The van der Waals surface area contributed by atoms with Gasteiger partial charge >= 0.3 is 0 Å². The Kier molecular flexibility index (Phi) is 5.77. The molecule has 1 aliphatic rings. The predicted octanol–water partition coefficient (Wildman–Crippen LogP) is 3.72. The highest BCUT2D eigenvalue weighted by atomic mass is 19.2. The van der Waals surface area contributed by atoms with E-state index in [1.165, 1.54) is 24.1 Å². The van der Waals surface area contributed by atoms with E-state index in [0.717, 1.165) is 12.1 Å². The Morgan fingerprint density at radius 1 is 1.14 bits per heavy atom. The van der Waals surface area contributed by atoms with Gasteiger partial charge in [0.15, 0.2) is 11.6 Å². The second-order valence-electron chi connectivity index (χ2n) is 6.44. The maximum atomic E-state index is 13.4. The second-order valence-corrected chi connectivity index (χ2v) is 6.44. The molecule has 148 valence electrons. The van der Waals surface area contributed by atoms with E-state index in [1.54, 1.807) is 19.2 Å². The number of benzene rings is 2. The lowest BCUT2D eigenvalue weighted by Gasteiger charge is -2.31. The monoisotopic (exact) mass is 390 g/mol. The molecular weight excluding hydrogens is 370 g/mol. The van der Waals surface area contributed by atoms with Gasteiger partial charge in [0.2, 0.25) is 11.8 Å². The zero-order valence-electron chi connectivity index (χ0n) is 15.5. The van der Waals surface area contributed by atoms with Gasteiger partial charge in [0.25, 0.3) is 0 Å². The highest BCUT2D eigenvalue weighted by Gasteiger charge is 2.30. The first kappa shape index (κ1) is 19.6. The minimum absolute atomic E-state index is 0.0752. The Balaban J connectivity index is 1.79. The number of amides is 2. The molecule has 1 fully saturated rings. The lowest BCUT2D eigenvalue weighted by Crippen LogP contribution is -2.47. The summed E-state index contributed by atoms with van der Waals surface area (Å²) in [6, 6.07) is 7.30. The third-order valence-corrected chi connectivity index (χ3v) is 4.59. The molecular formula is C20H20F2N2O4. The number of likely N-dealkylation sites (tertiary alicyclic amines) is 1. The lowest BCUT2D eigenvalue weighted by atomic mass is 10.0. The molecule has 0 saturated carbocycles. The van der Waals surface area contributed by atoms with Crippen molar-refractivity contribution in [2.75, 3.05) is 19.5 Å². The summed E-state index contributed by atoms with van der Waals surface area (Å²) in [6.45, 7) is 0. The fourth-order valence-electron chi connectivity index (χ4n) is 3.04. The van der Waals surface area contributed by atoms with Crippen LogP contribution in [-0.2, 0) is 9.59 Å². The van der Waals surface area contributed by atoms with Gasteiger partial charge in [0, 0.05) is 25.6 Å². The number of hydrogen-bond acceptors (Lipinski definition) is 4. The molecule has 0 aromatic heterocycles. The molecule has 0 radical (unpaired) electrons. The van der Waals surface area contributed by atoms with Crippen LogP contribution in [0.25, 0.3) is 0 Å². The number of halogens is 2. The van der Waals surface area contributed by atoms with Crippen molar-refractivity contribution in [2.24, 2.45) is 0 Å². The molecule has 1 N–H and O–H groups in total. The Morgan fingerprint density at radius 2 is 1.86 bits per heavy atom. The largest absolute Gasteiger partial charge is 0.495 e. The molecule has 1 atom stereocenters. The van der Waals surface area contributed by atoms with E-state index in [2.05, 4.69) is 5.32 Å². The number of nitrogens with one attached hydrogen (secondary N) is 1. The van der Waals surface area contributed by atoms with E-state index in [-0.39, 0.29) is 17.6 Å². The molecule has 0 bridgehead atoms. The summed E-state index contributed by atoms with van der Waals surface area (Å²) >= 11 is 0. The zero-order chi connectivity index (χ0) is 20.3. The molecule has 2 amide bonds. The summed E-state index contributed by atoms with van der Waals surface area (Å²) in [6.07, 6.45) is 1.65. The van der Waals surface area contributed by atoms with Crippen LogP contribution in [0.2, 0.25) is 0 Å². The molecule has 8 heteroatoms. The average molecular weight is 390 g/mol. The van der Waals surface area contributed by atoms with E-state index in [0.29, 0.717) is 36.4 Å². The van der Waals surface area contributed by atoms with Crippen molar-refractivity contribution in [3.8, 4) is 17.2 Å². The first-order valence-corrected chi connectivity index (χ1v) is 8.76. The average Bonchev–Trinajstić information content (AvgIpc) is 2.67. The van der Waals surface area contributed by atoms with Crippen LogP contribution in [0.3, 0.4) is 0 Å². The highest BCUT2D eigenvalue weighted by Crippen LogP contribution is 2.32. The van der Waals surface area contributed by atoms with Gasteiger partial charge in [-0.15, -0.1) is 0 Å². The van der Waals surface area contributed by atoms with Crippen LogP contribution in [-0.4, -0.2) is 36.9 Å². The second kappa shape index (κ2) is 8.24. The molecule has 1 saturated heterocycles. The number of methoxy groups -OCH3 is 1. The van der Waals surface area contributed by atoms with E-state index >= 15 is 0 Å². The van der Waals surface area contributed by atoms with Crippen LogP contribution >= 0.6 is 0 Å². The van der Waals surface area contributed by atoms with Crippen LogP contribution < -0.4 is 14.8 Å². The Bertz CT molecular complexity index is 904.